The highest BCUT2D eigenvalue weighted by Gasteiger charge is 2.17. The fourth-order valence-corrected chi connectivity index (χ4v) is 3.47. The van der Waals surface area contributed by atoms with Crippen LogP contribution in [0.1, 0.15) is 34.5 Å². The molecule has 1 amide bonds. The highest BCUT2D eigenvalue weighted by molar-refractivity contribution is 5.95. The number of carbonyl (C=O) groups excluding carboxylic acids is 1. The Kier molecular flexibility index (Phi) is 5.06. The third-order valence-corrected chi connectivity index (χ3v) is 5.03. The van der Waals surface area contributed by atoms with E-state index >= 15 is 0 Å². The van der Waals surface area contributed by atoms with Crippen molar-refractivity contribution in [2.45, 2.75) is 26.3 Å². The molecular weight excluding hydrogens is 357 g/mol. The highest BCUT2D eigenvalue weighted by atomic mass is 19.1. The van der Waals surface area contributed by atoms with Gasteiger partial charge in [-0.1, -0.05) is 12.1 Å². The Morgan fingerprint density at radius 1 is 1.21 bits per heavy atom. The van der Waals surface area contributed by atoms with Gasteiger partial charge in [0.25, 0.3) is 5.91 Å². The number of carbonyl (C=O) groups is 1. The van der Waals surface area contributed by atoms with Gasteiger partial charge in [-0.15, -0.1) is 0 Å². The van der Waals surface area contributed by atoms with Crippen molar-refractivity contribution in [1.82, 2.24) is 20.1 Å². The topological polar surface area (TPSA) is 63.1 Å². The van der Waals surface area contributed by atoms with Gasteiger partial charge in [0.15, 0.2) is 0 Å². The summed E-state index contributed by atoms with van der Waals surface area (Å²) < 4.78 is 15.5. The molecule has 3 aromatic rings. The summed E-state index contributed by atoms with van der Waals surface area (Å²) in [6, 6.07) is 10.3. The Morgan fingerprint density at radius 2 is 2.00 bits per heavy atom. The molecular formula is C21H22FN5O. The van der Waals surface area contributed by atoms with Crippen LogP contribution < -0.4 is 10.2 Å². The summed E-state index contributed by atoms with van der Waals surface area (Å²) in [7, 11) is 0. The maximum Gasteiger partial charge on any atom is 0.255 e. The van der Waals surface area contributed by atoms with Crippen molar-refractivity contribution in [3.8, 4) is 5.69 Å². The number of benzene rings is 1. The van der Waals surface area contributed by atoms with E-state index in [4.69, 9.17) is 0 Å². The van der Waals surface area contributed by atoms with Gasteiger partial charge in [-0.05, 0) is 49.6 Å². The standard InChI is InChI=1S/C21H22FN5O/c1-15-17(14-25-27(15)19-7-3-2-6-18(19)22)21(28)24-13-16-8-9-23-20(12-16)26-10-4-5-11-26/h2-3,6-9,12,14H,4-5,10-11,13H2,1H3,(H,24,28). The van der Waals surface area contributed by atoms with Crippen molar-refractivity contribution >= 4 is 11.7 Å². The lowest BCUT2D eigenvalue weighted by atomic mass is 10.2. The van der Waals surface area contributed by atoms with E-state index in [0.29, 0.717) is 23.5 Å². The monoisotopic (exact) mass is 379 g/mol. The van der Waals surface area contributed by atoms with Gasteiger partial charge in [0, 0.05) is 25.8 Å². The van der Waals surface area contributed by atoms with Crippen LogP contribution in [0.2, 0.25) is 0 Å². The molecule has 1 fully saturated rings. The molecule has 1 aliphatic heterocycles. The summed E-state index contributed by atoms with van der Waals surface area (Å²) in [4.78, 5) is 19.3. The van der Waals surface area contributed by atoms with Crippen molar-refractivity contribution in [3.05, 3.63) is 71.4 Å². The minimum absolute atomic E-state index is 0.236. The van der Waals surface area contributed by atoms with Gasteiger partial charge in [-0.2, -0.15) is 5.10 Å². The van der Waals surface area contributed by atoms with Crippen LogP contribution in [0.15, 0.2) is 48.8 Å². The fourth-order valence-electron chi connectivity index (χ4n) is 3.47. The van der Waals surface area contributed by atoms with Crippen molar-refractivity contribution in [1.29, 1.82) is 0 Å². The minimum Gasteiger partial charge on any atom is -0.357 e. The van der Waals surface area contributed by atoms with E-state index in [1.54, 1.807) is 31.3 Å². The van der Waals surface area contributed by atoms with Crippen LogP contribution in [0.3, 0.4) is 0 Å². The Labute approximate surface area is 163 Å². The number of nitrogens with zero attached hydrogens (tertiary/aromatic N) is 4. The van der Waals surface area contributed by atoms with Gasteiger partial charge in [-0.25, -0.2) is 14.1 Å². The Morgan fingerprint density at radius 3 is 2.79 bits per heavy atom. The first-order chi connectivity index (χ1) is 13.6. The summed E-state index contributed by atoms with van der Waals surface area (Å²) in [5.41, 5.74) is 2.33. The van der Waals surface area contributed by atoms with E-state index in [2.05, 4.69) is 20.3 Å². The molecule has 0 atom stereocenters. The van der Waals surface area contributed by atoms with Crippen LogP contribution in [0, 0.1) is 12.7 Å². The summed E-state index contributed by atoms with van der Waals surface area (Å²) in [5, 5.41) is 7.11. The van der Waals surface area contributed by atoms with Crippen LogP contribution in [0.5, 0.6) is 0 Å². The predicted molar refractivity (Wildman–Crippen MR) is 105 cm³/mol. The zero-order valence-corrected chi connectivity index (χ0v) is 15.7. The van der Waals surface area contributed by atoms with Crippen LogP contribution in [0.4, 0.5) is 10.2 Å². The molecule has 0 bridgehead atoms. The molecule has 1 aliphatic rings. The molecule has 3 heterocycles. The van der Waals surface area contributed by atoms with Crippen molar-refractivity contribution in [2.75, 3.05) is 18.0 Å². The number of rotatable bonds is 5. The minimum atomic E-state index is -0.383. The first kappa shape index (κ1) is 18.2. The molecule has 6 nitrogen and oxygen atoms in total. The number of hydrogen-bond donors (Lipinski definition) is 1. The molecule has 0 radical (unpaired) electrons. The van der Waals surface area contributed by atoms with Crippen molar-refractivity contribution in [2.24, 2.45) is 0 Å². The fraction of sp³-hybridized carbons (Fsp3) is 0.286. The van der Waals surface area contributed by atoms with Gasteiger partial charge >= 0.3 is 0 Å². The van der Waals surface area contributed by atoms with Crippen LogP contribution in [-0.2, 0) is 6.54 Å². The van der Waals surface area contributed by atoms with Crippen LogP contribution in [-0.4, -0.2) is 33.8 Å². The van der Waals surface area contributed by atoms with E-state index in [0.717, 1.165) is 24.5 Å². The lowest BCUT2D eigenvalue weighted by Gasteiger charge is -2.17. The summed E-state index contributed by atoms with van der Waals surface area (Å²) >= 11 is 0. The molecule has 1 aromatic carbocycles. The molecule has 0 aliphatic carbocycles. The first-order valence-electron chi connectivity index (χ1n) is 9.41. The Bertz CT molecular complexity index is 994. The molecule has 1 saturated heterocycles. The normalized spacial score (nSPS) is 13.7. The van der Waals surface area contributed by atoms with Crippen LogP contribution in [0.25, 0.3) is 5.69 Å². The van der Waals surface area contributed by atoms with Gasteiger partial charge in [0.2, 0.25) is 0 Å². The van der Waals surface area contributed by atoms with Gasteiger partial charge < -0.3 is 10.2 Å². The first-order valence-corrected chi connectivity index (χ1v) is 9.41. The number of para-hydroxylation sites is 1. The number of aromatic nitrogens is 3. The second-order valence-corrected chi connectivity index (χ2v) is 6.91. The highest BCUT2D eigenvalue weighted by Crippen LogP contribution is 2.19. The van der Waals surface area contributed by atoms with Gasteiger partial charge in [-0.3, -0.25) is 4.79 Å². The Balaban J connectivity index is 1.46. The van der Waals surface area contributed by atoms with Crippen molar-refractivity contribution < 1.29 is 9.18 Å². The van der Waals surface area contributed by atoms with Crippen molar-refractivity contribution in [3.63, 3.8) is 0 Å². The zero-order chi connectivity index (χ0) is 19.5. The third-order valence-electron chi connectivity index (χ3n) is 5.03. The molecule has 28 heavy (non-hydrogen) atoms. The second kappa shape index (κ2) is 7.80. The third kappa shape index (κ3) is 3.60. The Hall–Kier alpha value is -3.22. The largest absolute Gasteiger partial charge is 0.357 e. The van der Waals surface area contributed by atoms with E-state index < -0.39 is 0 Å². The number of halogens is 1. The summed E-state index contributed by atoms with van der Waals surface area (Å²) in [6.07, 6.45) is 5.62. The number of amides is 1. The summed E-state index contributed by atoms with van der Waals surface area (Å²) in [5.74, 6) is 0.333. The SMILES string of the molecule is Cc1c(C(=O)NCc2ccnc(N3CCCC3)c2)cnn1-c1ccccc1F. The molecule has 1 N–H and O–H groups in total. The molecule has 0 unspecified atom stereocenters. The lowest BCUT2D eigenvalue weighted by molar-refractivity contribution is 0.0950. The van der Waals surface area contributed by atoms with E-state index in [1.165, 1.54) is 29.8 Å². The van der Waals surface area contributed by atoms with Crippen LogP contribution >= 0.6 is 0 Å². The average Bonchev–Trinajstić information content (AvgIpc) is 3.37. The quantitative estimate of drug-likeness (QED) is 0.739. The molecule has 0 spiro atoms. The zero-order valence-electron chi connectivity index (χ0n) is 15.7. The molecule has 2 aromatic heterocycles. The maximum absolute atomic E-state index is 14.0. The summed E-state index contributed by atoms with van der Waals surface area (Å²) in [6.45, 7) is 4.20. The molecule has 144 valence electrons. The number of hydrogen-bond acceptors (Lipinski definition) is 4. The maximum atomic E-state index is 14.0. The molecule has 4 rings (SSSR count). The van der Waals surface area contributed by atoms with Gasteiger partial charge in [0.1, 0.15) is 17.3 Å². The smallest absolute Gasteiger partial charge is 0.255 e. The second-order valence-electron chi connectivity index (χ2n) is 6.91. The number of nitrogens with one attached hydrogen (secondary N) is 1. The predicted octanol–water partition coefficient (Wildman–Crippen LogP) is 3.25. The average molecular weight is 379 g/mol. The van der Waals surface area contributed by atoms with E-state index in [9.17, 15) is 9.18 Å². The van der Waals surface area contributed by atoms with Gasteiger partial charge in [0.05, 0.1) is 17.5 Å². The number of pyridine rings is 1. The number of anilines is 1. The van der Waals surface area contributed by atoms with E-state index in [-0.39, 0.29) is 11.7 Å². The molecule has 0 saturated carbocycles. The lowest BCUT2D eigenvalue weighted by Crippen LogP contribution is -2.24. The molecule has 7 heteroatoms. The van der Waals surface area contributed by atoms with E-state index in [1.807, 2.05) is 12.1 Å².